The van der Waals surface area contributed by atoms with Crippen LogP contribution in [0.2, 0.25) is 0 Å². The lowest BCUT2D eigenvalue weighted by atomic mass is 9.99. The Labute approximate surface area is 114 Å². The van der Waals surface area contributed by atoms with E-state index in [2.05, 4.69) is 35.2 Å². The summed E-state index contributed by atoms with van der Waals surface area (Å²) in [6.07, 6.45) is 5.12. The number of carbonyl (C=O) groups excluding carboxylic acids is 1. The molecular weight excluding hydrogens is 238 g/mol. The van der Waals surface area contributed by atoms with E-state index in [0.29, 0.717) is 6.42 Å². The Hall–Kier alpha value is -1.55. The van der Waals surface area contributed by atoms with Crippen LogP contribution in [0.3, 0.4) is 0 Å². The molecule has 4 heteroatoms. The fourth-order valence-corrected chi connectivity index (χ4v) is 2.37. The fourth-order valence-electron chi connectivity index (χ4n) is 2.37. The Morgan fingerprint density at radius 3 is 2.89 bits per heavy atom. The number of para-hydroxylation sites is 1. The molecule has 1 aromatic rings. The summed E-state index contributed by atoms with van der Waals surface area (Å²) in [7, 11) is 0. The minimum atomic E-state index is 0.0737. The molecular formula is C15H23N3O. The van der Waals surface area contributed by atoms with Crippen molar-refractivity contribution in [3.8, 4) is 0 Å². The summed E-state index contributed by atoms with van der Waals surface area (Å²) >= 11 is 0. The predicted molar refractivity (Wildman–Crippen MR) is 77.7 cm³/mol. The van der Waals surface area contributed by atoms with Crippen LogP contribution in [0.5, 0.6) is 0 Å². The maximum absolute atomic E-state index is 11.2. The number of unbranched alkanes of at least 4 members (excludes halogenated alkanes) is 2. The van der Waals surface area contributed by atoms with E-state index < -0.39 is 0 Å². The Bertz CT molecular complexity index is 410. The molecule has 0 saturated carbocycles. The van der Waals surface area contributed by atoms with E-state index in [-0.39, 0.29) is 11.9 Å². The maximum Gasteiger partial charge on any atom is 0.234 e. The average molecular weight is 261 g/mol. The first-order valence-electron chi connectivity index (χ1n) is 7.18. The van der Waals surface area contributed by atoms with Crippen LogP contribution in [0, 0.1) is 0 Å². The highest BCUT2D eigenvalue weighted by molar-refractivity contribution is 5.76. The molecule has 0 bridgehead atoms. The Kier molecular flexibility index (Phi) is 5.21. The van der Waals surface area contributed by atoms with E-state index in [4.69, 9.17) is 0 Å². The number of hydrazine groups is 1. The van der Waals surface area contributed by atoms with Gasteiger partial charge in [-0.3, -0.25) is 10.2 Å². The smallest absolute Gasteiger partial charge is 0.234 e. The average Bonchev–Trinajstić information content (AvgIpc) is 2.45. The van der Waals surface area contributed by atoms with Crippen molar-refractivity contribution in [2.45, 2.75) is 45.1 Å². The summed E-state index contributed by atoms with van der Waals surface area (Å²) in [5, 5.41) is 3.50. The van der Waals surface area contributed by atoms with E-state index in [0.717, 1.165) is 13.0 Å². The van der Waals surface area contributed by atoms with Gasteiger partial charge in [-0.15, -0.1) is 0 Å². The number of carbonyl (C=O) groups is 1. The summed E-state index contributed by atoms with van der Waals surface area (Å²) < 4.78 is 0. The van der Waals surface area contributed by atoms with Crippen LogP contribution in [0.25, 0.3) is 0 Å². The molecule has 0 aliphatic carbocycles. The molecule has 1 atom stereocenters. The van der Waals surface area contributed by atoms with Gasteiger partial charge in [-0.25, -0.2) is 5.43 Å². The number of benzene rings is 1. The minimum absolute atomic E-state index is 0.0737. The van der Waals surface area contributed by atoms with Crippen molar-refractivity contribution in [2.75, 3.05) is 11.9 Å². The number of hydrogen-bond acceptors (Lipinski definition) is 3. The van der Waals surface area contributed by atoms with E-state index >= 15 is 0 Å². The molecule has 1 heterocycles. The van der Waals surface area contributed by atoms with Crippen LogP contribution in [0.1, 0.15) is 50.6 Å². The quantitative estimate of drug-likeness (QED) is 0.690. The summed E-state index contributed by atoms with van der Waals surface area (Å²) in [6, 6.07) is 8.53. The summed E-state index contributed by atoms with van der Waals surface area (Å²) in [5.74, 6) is 0.0737. The van der Waals surface area contributed by atoms with Crippen molar-refractivity contribution in [1.29, 1.82) is 0 Å². The zero-order valence-corrected chi connectivity index (χ0v) is 11.5. The second-order valence-corrected chi connectivity index (χ2v) is 5.00. The van der Waals surface area contributed by atoms with E-state index in [1.54, 1.807) is 0 Å². The Balaban J connectivity index is 1.97. The van der Waals surface area contributed by atoms with Gasteiger partial charge in [0.15, 0.2) is 0 Å². The first kappa shape index (κ1) is 13.9. The van der Waals surface area contributed by atoms with Crippen molar-refractivity contribution in [1.82, 2.24) is 10.9 Å². The summed E-state index contributed by atoms with van der Waals surface area (Å²) in [6.45, 7) is 3.21. The zero-order chi connectivity index (χ0) is 13.5. The monoisotopic (exact) mass is 261 g/mol. The van der Waals surface area contributed by atoms with Gasteiger partial charge >= 0.3 is 0 Å². The number of anilines is 1. The second-order valence-electron chi connectivity index (χ2n) is 5.00. The maximum atomic E-state index is 11.2. The van der Waals surface area contributed by atoms with Gasteiger partial charge in [0.1, 0.15) is 0 Å². The van der Waals surface area contributed by atoms with Crippen molar-refractivity contribution in [3.63, 3.8) is 0 Å². The van der Waals surface area contributed by atoms with Crippen LogP contribution in [-0.2, 0) is 4.79 Å². The van der Waals surface area contributed by atoms with Crippen LogP contribution >= 0.6 is 0 Å². The van der Waals surface area contributed by atoms with E-state index in [9.17, 15) is 4.79 Å². The molecule has 0 radical (unpaired) electrons. The largest absolute Gasteiger partial charge is 0.385 e. The lowest BCUT2D eigenvalue weighted by Crippen LogP contribution is -2.44. The molecule has 0 aromatic heterocycles. The second kappa shape index (κ2) is 7.14. The van der Waals surface area contributed by atoms with Gasteiger partial charge in [-0.1, -0.05) is 38.0 Å². The minimum Gasteiger partial charge on any atom is -0.385 e. The normalized spacial score (nSPS) is 19.0. The third-order valence-electron chi connectivity index (χ3n) is 3.48. The molecule has 4 nitrogen and oxygen atoms in total. The van der Waals surface area contributed by atoms with Gasteiger partial charge in [0, 0.05) is 18.7 Å². The highest BCUT2D eigenvalue weighted by Crippen LogP contribution is 2.27. The molecule has 1 aliphatic rings. The van der Waals surface area contributed by atoms with Gasteiger partial charge in [-0.05, 0) is 24.5 Å². The molecule has 19 heavy (non-hydrogen) atoms. The molecule has 1 amide bonds. The standard InChI is InChI=1S/C15H23N3O/c1-2-3-6-11-16-13-8-5-4-7-12(13)14-9-10-15(19)18-17-14/h4-5,7-8,14,16-17H,2-3,6,9-11H2,1H3,(H,18,19). The van der Waals surface area contributed by atoms with Crippen LogP contribution in [0.4, 0.5) is 5.69 Å². The SMILES string of the molecule is CCCCCNc1ccccc1C1CCC(=O)NN1. The Morgan fingerprint density at radius 2 is 2.16 bits per heavy atom. The lowest BCUT2D eigenvalue weighted by molar-refractivity contribution is -0.124. The van der Waals surface area contributed by atoms with Crippen molar-refractivity contribution >= 4 is 11.6 Å². The van der Waals surface area contributed by atoms with E-state index in [1.807, 2.05) is 12.1 Å². The summed E-state index contributed by atoms with van der Waals surface area (Å²) in [4.78, 5) is 11.2. The van der Waals surface area contributed by atoms with Crippen molar-refractivity contribution in [2.24, 2.45) is 0 Å². The molecule has 104 valence electrons. The summed E-state index contributed by atoms with van der Waals surface area (Å²) in [5.41, 5.74) is 8.21. The third-order valence-corrected chi connectivity index (χ3v) is 3.48. The fraction of sp³-hybridized carbons (Fsp3) is 0.533. The molecule has 0 spiro atoms. The molecule has 1 fully saturated rings. The van der Waals surface area contributed by atoms with Crippen LogP contribution < -0.4 is 16.2 Å². The highest BCUT2D eigenvalue weighted by Gasteiger charge is 2.20. The highest BCUT2D eigenvalue weighted by atomic mass is 16.2. The van der Waals surface area contributed by atoms with E-state index in [1.165, 1.54) is 30.5 Å². The topological polar surface area (TPSA) is 53.2 Å². The van der Waals surface area contributed by atoms with Gasteiger partial charge in [-0.2, -0.15) is 0 Å². The Morgan fingerprint density at radius 1 is 1.32 bits per heavy atom. The molecule has 3 N–H and O–H groups in total. The number of rotatable bonds is 6. The molecule has 2 rings (SSSR count). The lowest BCUT2D eigenvalue weighted by Gasteiger charge is -2.26. The zero-order valence-electron chi connectivity index (χ0n) is 11.5. The van der Waals surface area contributed by atoms with Gasteiger partial charge < -0.3 is 5.32 Å². The first-order valence-corrected chi connectivity index (χ1v) is 7.18. The van der Waals surface area contributed by atoms with Gasteiger partial charge in [0.25, 0.3) is 0 Å². The van der Waals surface area contributed by atoms with Gasteiger partial charge in [0.2, 0.25) is 5.91 Å². The third kappa shape index (κ3) is 3.96. The van der Waals surface area contributed by atoms with Crippen molar-refractivity contribution in [3.05, 3.63) is 29.8 Å². The van der Waals surface area contributed by atoms with Gasteiger partial charge in [0.05, 0.1) is 6.04 Å². The molecule has 1 saturated heterocycles. The predicted octanol–water partition coefficient (Wildman–Crippen LogP) is 2.74. The van der Waals surface area contributed by atoms with Crippen molar-refractivity contribution < 1.29 is 4.79 Å². The molecule has 1 aliphatic heterocycles. The number of hydrogen-bond donors (Lipinski definition) is 3. The van der Waals surface area contributed by atoms with Crippen LogP contribution in [-0.4, -0.2) is 12.5 Å². The number of amides is 1. The molecule has 1 unspecified atom stereocenters. The van der Waals surface area contributed by atoms with Crippen LogP contribution in [0.15, 0.2) is 24.3 Å². The number of nitrogens with one attached hydrogen (secondary N) is 3. The molecule has 1 aromatic carbocycles. The first-order chi connectivity index (χ1) is 9.31.